The van der Waals surface area contributed by atoms with Crippen LogP contribution in [-0.2, 0) is 45.4 Å². The molecule has 2 aliphatic rings. The standard InChI is InChI=1S/C43H42Br2N4O6/c1-29-26-46(22-8-23-47-36(32-14-18-34(44)19-15-32)38(41(47)51)54-27-30-10-4-2-5-11-30)43(53)49(40(29)50)25-9-24-48-37(33-16-20-35(45)21-17-33)39(42(48)52)55-28-31-12-6-3-7-13-31/h2-7,10-21,26,36-39H,8-9,22-25,27-28H2,1H3/t36-,37+,38+,39-/m0/s1. The smallest absolute Gasteiger partial charge is 0.330 e. The van der Waals surface area contributed by atoms with Crippen LogP contribution in [0.1, 0.15) is 52.7 Å². The summed E-state index contributed by atoms with van der Waals surface area (Å²) >= 11 is 6.99. The third kappa shape index (κ3) is 8.62. The molecule has 0 spiro atoms. The van der Waals surface area contributed by atoms with E-state index in [4.69, 9.17) is 9.47 Å². The molecule has 2 amide bonds. The monoisotopic (exact) mass is 868 g/mol. The summed E-state index contributed by atoms with van der Waals surface area (Å²) in [5.74, 6) is -0.209. The summed E-state index contributed by atoms with van der Waals surface area (Å²) in [6.45, 7) is 3.59. The lowest BCUT2D eigenvalue weighted by molar-refractivity contribution is -0.177. The van der Waals surface area contributed by atoms with Crippen LogP contribution < -0.4 is 11.2 Å². The number of likely N-dealkylation sites (tertiary alicyclic amines) is 2. The maximum atomic E-state index is 13.7. The Bertz CT molecular complexity index is 2230. The first-order valence-electron chi connectivity index (χ1n) is 18.4. The number of benzene rings is 4. The van der Waals surface area contributed by atoms with Crippen molar-refractivity contribution in [3.63, 3.8) is 0 Å². The number of carbonyl (C=O) groups excluding carboxylic acids is 2. The van der Waals surface area contributed by atoms with Crippen LogP contribution >= 0.6 is 31.9 Å². The summed E-state index contributed by atoms with van der Waals surface area (Å²) in [5.41, 5.74) is 3.58. The Balaban J connectivity index is 0.991. The van der Waals surface area contributed by atoms with Gasteiger partial charge in [-0.2, -0.15) is 0 Å². The molecular formula is C43H42Br2N4O6. The van der Waals surface area contributed by atoms with Crippen LogP contribution in [0.25, 0.3) is 0 Å². The number of aromatic nitrogens is 2. The molecular weight excluding hydrogens is 828 g/mol. The number of ether oxygens (including phenoxy) is 2. The van der Waals surface area contributed by atoms with Gasteiger partial charge in [0, 0.05) is 46.9 Å². The first-order valence-corrected chi connectivity index (χ1v) is 20.0. The fourth-order valence-corrected chi connectivity index (χ4v) is 7.90. The van der Waals surface area contributed by atoms with Crippen LogP contribution in [0, 0.1) is 6.92 Å². The first-order chi connectivity index (χ1) is 26.7. The van der Waals surface area contributed by atoms with Crippen molar-refractivity contribution in [2.45, 2.75) is 70.4 Å². The van der Waals surface area contributed by atoms with Crippen molar-refractivity contribution in [3.05, 3.63) is 173 Å². The summed E-state index contributed by atoms with van der Waals surface area (Å²) in [6, 6.07) is 34.7. The van der Waals surface area contributed by atoms with Crippen molar-refractivity contribution >= 4 is 43.7 Å². The van der Waals surface area contributed by atoms with Crippen molar-refractivity contribution in [2.24, 2.45) is 0 Å². The molecule has 0 unspecified atom stereocenters. The fourth-order valence-electron chi connectivity index (χ4n) is 7.37. The average molecular weight is 871 g/mol. The molecule has 0 saturated carbocycles. The highest BCUT2D eigenvalue weighted by atomic mass is 79.9. The molecule has 5 aromatic rings. The van der Waals surface area contributed by atoms with Gasteiger partial charge in [0.1, 0.15) is 0 Å². The maximum absolute atomic E-state index is 13.7. The Morgan fingerprint density at radius 3 is 1.45 bits per heavy atom. The summed E-state index contributed by atoms with van der Waals surface area (Å²) < 4.78 is 17.0. The maximum Gasteiger partial charge on any atom is 0.330 e. The minimum atomic E-state index is -0.632. The van der Waals surface area contributed by atoms with Gasteiger partial charge in [0.05, 0.1) is 25.3 Å². The summed E-state index contributed by atoms with van der Waals surface area (Å²) in [6.07, 6.45) is 1.26. The number of aryl methyl sites for hydroxylation is 2. The first kappa shape index (κ1) is 38.6. The van der Waals surface area contributed by atoms with E-state index >= 15 is 0 Å². The lowest BCUT2D eigenvalue weighted by Gasteiger charge is -2.47. The van der Waals surface area contributed by atoms with E-state index < -0.39 is 17.9 Å². The fraction of sp³-hybridized carbons (Fsp3) is 0.302. The van der Waals surface area contributed by atoms with E-state index in [2.05, 4.69) is 31.9 Å². The third-order valence-electron chi connectivity index (χ3n) is 10.3. The van der Waals surface area contributed by atoms with Gasteiger partial charge < -0.3 is 23.8 Å². The number of hydrogen-bond acceptors (Lipinski definition) is 6. The molecule has 0 aliphatic carbocycles. The van der Waals surface area contributed by atoms with Gasteiger partial charge in [0.15, 0.2) is 12.2 Å². The van der Waals surface area contributed by atoms with E-state index in [-0.39, 0.29) is 36.0 Å². The Labute approximate surface area is 336 Å². The minimum Gasteiger partial charge on any atom is -0.361 e. The zero-order chi connectivity index (χ0) is 38.5. The van der Waals surface area contributed by atoms with E-state index in [1.165, 1.54) is 4.57 Å². The van der Waals surface area contributed by atoms with E-state index in [0.717, 1.165) is 31.2 Å². The highest BCUT2D eigenvalue weighted by Gasteiger charge is 2.49. The van der Waals surface area contributed by atoms with Gasteiger partial charge in [-0.25, -0.2) is 4.79 Å². The highest BCUT2D eigenvalue weighted by molar-refractivity contribution is 9.10. The predicted molar refractivity (Wildman–Crippen MR) is 216 cm³/mol. The van der Waals surface area contributed by atoms with Gasteiger partial charge >= 0.3 is 5.69 Å². The van der Waals surface area contributed by atoms with Crippen molar-refractivity contribution in [1.82, 2.24) is 18.9 Å². The van der Waals surface area contributed by atoms with Gasteiger partial charge in [-0.05, 0) is 66.3 Å². The van der Waals surface area contributed by atoms with Gasteiger partial charge in [-0.1, -0.05) is 117 Å². The van der Waals surface area contributed by atoms with Crippen molar-refractivity contribution in [2.75, 3.05) is 13.1 Å². The highest BCUT2D eigenvalue weighted by Crippen LogP contribution is 2.39. The second-order valence-electron chi connectivity index (χ2n) is 13.9. The molecule has 2 aliphatic heterocycles. The minimum absolute atomic E-state index is 0.0907. The normalized spacial score (nSPS) is 19.3. The molecule has 3 heterocycles. The molecule has 0 bridgehead atoms. The van der Waals surface area contributed by atoms with Crippen LogP contribution in [0.3, 0.4) is 0 Å². The third-order valence-corrected chi connectivity index (χ3v) is 11.3. The van der Waals surface area contributed by atoms with Crippen molar-refractivity contribution in [3.8, 4) is 0 Å². The Hall–Kier alpha value is -4.62. The van der Waals surface area contributed by atoms with Crippen LogP contribution in [0.15, 0.2) is 134 Å². The molecule has 2 saturated heterocycles. The van der Waals surface area contributed by atoms with Gasteiger partial charge in [0.25, 0.3) is 17.4 Å². The lowest BCUT2D eigenvalue weighted by Crippen LogP contribution is -2.60. The molecule has 1 aromatic heterocycles. The molecule has 10 nitrogen and oxygen atoms in total. The van der Waals surface area contributed by atoms with E-state index in [1.807, 2.05) is 109 Å². The van der Waals surface area contributed by atoms with Crippen molar-refractivity contribution in [1.29, 1.82) is 0 Å². The molecule has 12 heteroatoms. The topological polar surface area (TPSA) is 103 Å². The van der Waals surface area contributed by atoms with E-state index in [9.17, 15) is 19.2 Å². The molecule has 7 rings (SSSR count). The van der Waals surface area contributed by atoms with Crippen molar-refractivity contribution < 1.29 is 19.1 Å². The number of hydrogen-bond donors (Lipinski definition) is 0. The van der Waals surface area contributed by atoms with Crippen LogP contribution in [0.2, 0.25) is 0 Å². The van der Waals surface area contributed by atoms with Crippen LogP contribution in [0.4, 0.5) is 0 Å². The molecule has 2 fully saturated rings. The second-order valence-corrected chi connectivity index (χ2v) is 15.8. The number of amides is 2. The lowest BCUT2D eigenvalue weighted by atomic mass is 9.90. The molecule has 0 radical (unpaired) electrons. The largest absolute Gasteiger partial charge is 0.361 e. The zero-order valence-electron chi connectivity index (χ0n) is 30.4. The SMILES string of the molecule is Cc1cn(CCCN2C(=O)[C@H](OCc3ccccc3)[C@@H]2c2ccc(Br)cc2)c(=O)n(CCCN2C(=O)[C@@H](OCc3ccccc3)[C@H]2c2ccc(Br)cc2)c1=O. The second kappa shape index (κ2) is 17.5. The molecule has 4 atom stereocenters. The van der Waals surface area contributed by atoms with Gasteiger partial charge in [-0.15, -0.1) is 0 Å². The van der Waals surface area contributed by atoms with Gasteiger partial charge in [0.2, 0.25) is 0 Å². The Morgan fingerprint density at radius 2 is 1.00 bits per heavy atom. The number of rotatable bonds is 16. The zero-order valence-corrected chi connectivity index (χ0v) is 33.6. The number of nitrogens with zero attached hydrogens (tertiary/aromatic N) is 4. The van der Waals surface area contributed by atoms with Gasteiger partial charge in [-0.3, -0.25) is 19.0 Å². The summed E-state index contributed by atoms with van der Waals surface area (Å²) in [5, 5.41) is 0. The predicted octanol–water partition coefficient (Wildman–Crippen LogP) is 6.96. The quantitative estimate of drug-likeness (QED) is 0.0995. The van der Waals surface area contributed by atoms with E-state index in [1.54, 1.807) is 27.5 Å². The Kier molecular flexibility index (Phi) is 12.3. The van der Waals surface area contributed by atoms with Crippen LogP contribution in [-0.4, -0.2) is 56.0 Å². The average Bonchev–Trinajstić information content (AvgIpc) is 3.20. The number of carbonyl (C=O) groups is 2. The Morgan fingerprint density at radius 1 is 0.564 bits per heavy atom. The number of halogens is 2. The van der Waals surface area contributed by atoms with Crippen LogP contribution in [0.5, 0.6) is 0 Å². The molecule has 284 valence electrons. The molecule has 55 heavy (non-hydrogen) atoms. The number of β-lactam (4-membered cyclic amide) rings is 2. The molecule has 4 aromatic carbocycles. The summed E-state index contributed by atoms with van der Waals surface area (Å²) in [7, 11) is 0. The molecule has 0 N–H and O–H groups in total. The summed E-state index contributed by atoms with van der Waals surface area (Å²) in [4.78, 5) is 57.3. The van der Waals surface area contributed by atoms with E-state index in [0.29, 0.717) is 51.3 Å².